The van der Waals surface area contributed by atoms with E-state index in [4.69, 9.17) is 4.74 Å². The molecule has 1 N–H and O–H groups in total. The van der Waals surface area contributed by atoms with Gasteiger partial charge in [-0.3, -0.25) is 0 Å². The molecule has 0 radical (unpaired) electrons. The number of hydrogen-bond acceptors (Lipinski definition) is 3. The fourth-order valence-corrected chi connectivity index (χ4v) is 2.23. The Morgan fingerprint density at radius 3 is 2.94 bits per heavy atom. The molecule has 90 valence electrons. The molecule has 0 unspecified atom stereocenters. The molecule has 0 saturated heterocycles. The number of nitrogens with one attached hydrogen (secondary N) is 1. The summed E-state index contributed by atoms with van der Waals surface area (Å²) < 4.78 is 5.58. The van der Waals surface area contributed by atoms with Crippen LogP contribution in [0.4, 0.5) is 5.69 Å². The van der Waals surface area contributed by atoms with Gasteiger partial charge >= 0.3 is 0 Å². The monoisotopic (exact) mass is 247 g/mol. The molecule has 0 fully saturated rings. The van der Waals surface area contributed by atoms with Crippen LogP contribution in [0.15, 0.2) is 41.8 Å². The summed E-state index contributed by atoms with van der Waals surface area (Å²) in [5.41, 5.74) is 2.43. The first kappa shape index (κ1) is 12.1. The third kappa shape index (κ3) is 4.21. The van der Waals surface area contributed by atoms with Crippen LogP contribution in [0.2, 0.25) is 0 Å². The van der Waals surface area contributed by atoms with Gasteiger partial charge in [-0.15, -0.1) is 11.3 Å². The molecular formula is C14H17NOS. The van der Waals surface area contributed by atoms with Crippen LogP contribution in [0.3, 0.4) is 0 Å². The molecule has 2 rings (SSSR count). The maximum Gasteiger partial charge on any atom is 0.0810 e. The molecular weight excluding hydrogens is 230 g/mol. The van der Waals surface area contributed by atoms with E-state index in [0.29, 0.717) is 6.61 Å². The van der Waals surface area contributed by atoms with Crippen molar-refractivity contribution < 1.29 is 4.74 Å². The average Bonchev–Trinajstić information content (AvgIpc) is 2.82. The van der Waals surface area contributed by atoms with Crippen molar-refractivity contribution in [2.45, 2.75) is 13.5 Å². The fraction of sp³-hybridized carbons (Fsp3) is 0.286. The van der Waals surface area contributed by atoms with E-state index in [0.717, 1.165) is 18.8 Å². The van der Waals surface area contributed by atoms with E-state index in [-0.39, 0.29) is 0 Å². The number of thiophene rings is 1. The molecule has 0 atom stereocenters. The summed E-state index contributed by atoms with van der Waals surface area (Å²) in [6.07, 6.45) is 0. The lowest BCUT2D eigenvalue weighted by Crippen LogP contribution is -2.09. The van der Waals surface area contributed by atoms with Gasteiger partial charge < -0.3 is 10.1 Å². The Labute approximate surface area is 106 Å². The zero-order valence-electron chi connectivity index (χ0n) is 9.98. The van der Waals surface area contributed by atoms with E-state index in [1.54, 1.807) is 11.3 Å². The molecule has 17 heavy (non-hydrogen) atoms. The Morgan fingerprint density at radius 1 is 1.24 bits per heavy atom. The van der Waals surface area contributed by atoms with Crippen LogP contribution < -0.4 is 5.32 Å². The quantitative estimate of drug-likeness (QED) is 0.786. The molecule has 0 aliphatic rings. The topological polar surface area (TPSA) is 21.3 Å². The molecule has 2 nitrogen and oxygen atoms in total. The first-order valence-electron chi connectivity index (χ1n) is 5.75. The molecule has 0 spiro atoms. The summed E-state index contributed by atoms with van der Waals surface area (Å²) in [7, 11) is 0. The van der Waals surface area contributed by atoms with Crippen molar-refractivity contribution in [1.82, 2.24) is 0 Å². The second-order valence-corrected chi connectivity index (χ2v) is 4.96. The van der Waals surface area contributed by atoms with Crippen LogP contribution in [0.25, 0.3) is 0 Å². The minimum atomic E-state index is 0.715. The second-order valence-electron chi connectivity index (χ2n) is 3.93. The van der Waals surface area contributed by atoms with Crippen LogP contribution in [0, 0.1) is 6.92 Å². The maximum absolute atomic E-state index is 5.58. The molecule has 0 bridgehead atoms. The van der Waals surface area contributed by atoms with Crippen molar-refractivity contribution in [3.05, 3.63) is 52.2 Å². The summed E-state index contributed by atoms with van der Waals surface area (Å²) in [6, 6.07) is 12.5. The third-order valence-corrected chi connectivity index (χ3v) is 3.27. The predicted molar refractivity (Wildman–Crippen MR) is 73.6 cm³/mol. The number of hydrogen-bond donors (Lipinski definition) is 1. The van der Waals surface area contributed by atoms with Crippen molar-refractivity contribution in [3.63, 3.8) is 0 Å². The maximum atomic E-state index is 5.58. The highest BCUT2D eigenvalue weighted by atomic mass is 32.1. The van der Waals surface area contributed by atoms with Gasteiger partial charge in [0.25, 0.3) is 0 Å². The SMILES string of the molecule is Cc1cccc(NCCOCc2cccs2)c1. The molecule has 0 saturated carbocycles. The molecule has 0 aliphatic heterocycles. The second kappa shape index (κ2) is 6.42. The zero-order chi connectivity index (χ0) is 11.9. The van der Waals surface area contributed by atoms with Gasteiger partial charge in [0.2, 0.25) is 0 Å². The van der Waals surface area contributed by atoms with E-state index >= 15 is 0 Å². The number of anilines is 1. The van der Waals surface area contributed by atoms with Crippen molar-refractivity contribution >= 4 is 17.0 Å². The molecule has 1 aromatic heterocycles. The lowest BCUT2D eigenvalue weighted by Gasteiger charge is -2.07. The van der Waals surface area contributed by atoms with E-state index in [2.05, 4.69) is 48.0 Å². The standard InChI is InChI=1S/C14H17NOS/c1-12-4-2-5-13(10-12)15-7-8-16-11-14-6-3-9-17-14/h2-6,9-10,15H,7-8,11H2,1H3. The minimum Gasteiger partial charge on any atom is -0.383 e. The van der Waals surface area contributed by atoms with Gasteiger partial charge in [0.1, 0.15) is 0 Å². The Hall–Kier alpha value is -1.32. The van der Waals surface area contributed by atoms with Crippen LogP contribution in [0.1, 0.15) is 10.4 Å². The van der Waals surface area contributed by atoms with Gasteiger partial charge in [0.15, 0.2) is 0 Å². The molecule has 1 heterocycles. The Balaban J connectivity index is 1.63. The Morgan fingerprint density at radius 2 is 2.18 bits per heavy atom. The number of ether oxygens (including phenoxy) is 1. The Bertz CT molecular complexity index is 439. The van der Waals surface area contributed by atoms with Crippen molar-refractivity contribution in [3.8, 4) is 0 Å². The number of rotatable bonds is 6. The largest absolute Gasteiger partial charge is 0.383 e. The molecule has 1 aromatic carbocycles. The zero-order valence-corrected chi connectivity index (χ0v) is 10.8. The van der Waals surface area contributed by atoms with Crippen LogP contribution >= 0.6 is 11.3 Å². The summed E-state index contributed by atoms with van der Waals surface area (Å²) >= 11 is 1.73. The van der Waals surface area contributed by atoms with E-state index in [9.17, 15) is 0 Å². The number of benzene rings is 1. The highest BCUT2D eigenvalue weighted by molar-refractivity contribution is 7.09. The minimum absolute atomic E-state index is 0.715. The van der Waals surface area contributed by atoms with Gasteiger partial charge in [0, 0.05) is 17.1 Å². The van der Waals surface area contributed by atoms with Gasteiger partial charge in [-0.1, -0.05) is 18.2 Å². The average molecular weight is 247 g/mol. The fourth-order valence-electron chi connectivity index (χ4n) is 1.59. The van der Waals surface area contributed by atoms with Crippen molar-refractivity contribution in [2.24, 2.45) is 0 Å². The lowest BCUT2D eigenvalue weighted by molar-refractivity contribution is 0.132. The summed E-state index contributed by atoms with van der Waals surface area (Å²) in [5, 5.41) is 5.42. The van der Waals surface area contributed by atoms with Crippen LogP contribution in [-0.4, -0.2) is 13.2 Å². The van der Waals surface area contributed by atoms with Crippen LogP contribution in [-0.2, 0) is 11.3 Å². The highest BCUT2D eigenvalue weighted by Gasteiger charge is 1.94. The Kier molecular flexibility index (Phi) is 4.59. The van der Waals surface area contributed by atoms with Crippen molar-refractivity contribution in [1.29, 1.82) is 0 Å². The lowest BCUT2D eigenvalue weighted by atomic mass is 10.2. The van der Waals surface area contributed by atoms with Gasteiger partial charge in [-0.2, -0.15) is 0 Å². The first-order chi connectivity index (χ1) is 8.34. The summed E-state index contributed by atoms with van der Waals surface area (Å²) in [4.78, 5) is 1.28. The van der Waals surface area contributed by atoms with Gasteiger partial charge in [0.05, 0.1) is 13.2 Å². The summed E-state index contributed by atoms with van der Waals surface area (Å²) in [6.45, 7) is 4.38. The normalized spacial score (nSPS) is 10.4. The van der Waals surface area contributed by atoms with E-state index in [1.165, 1.54) is 10.4 Å². The van der Waals surface area contributed by atoms with Crippen LogP contribution in [0.5, 0.6) is 0 Å². The van der Waals surface area contributed by atoms with Gasteiger partial charge in [-0.25, -0.2) is 0 Å². The van der Waals surface area contributed by atoms with Crippen molar-refractivity contribution in [2.75, 3.05) is 18.5 Å². The number of aryl methyl sites for hydroxylation is 1. The first-order valence-corrected chi connectivity index (χ1v) is 6.63. The summed E-state index contributed by atoms with van der Waals surface area (Å²) in [5.74, 6) is 0. The third-order valence-electron chi connectivity index (χ3n) is 2.42. The molecule has 0 amide bonds. The molecule has 0 aliphatic carbocycles. The molecule has 2 aromatic rings. The van der Waals surface area contributed by atoms with E-state index in [1.807, 2.05) is 6.07 Å². The highest BCUT2D eigenvalue weighted by Crippen LogP contribution is 2.10. The van der Waals surface area contributed by atoms with E-state index < -0.39 is 0 Å². The van der Waals surface area contributed by atoms with Gasteiger partial charge in [-0.05, 0) is 36.1 Å². The predicted octanol–water partition coefficient (Wildman–Crippen LogP) is 3.69. The smallest absolute Gasteiger partial charge is 0.0810 e. The molecule has 3 heteroatoms.